The van der Waals surface area contributed by atoms with Crippen molar-refractivity contribution in [3.8, 4) is 11.1 Å². The molecule has 1 aliphatic heterocycles. The maximum atomic E-state index is 6.09. The van der Waals surface area contributed by atoms with Gasteiger partial charge in [0.2, 0.25) is 0 Å². The van der Waals surface area contributed by atoms with Crippen LogP contribution in [-0.2, 0) is 13.0 Å². The summed E-state index contributed by atoms with van der Waals surface area (Å²) in [5.74, 6) is 1.82. The second kappa shape index (κ2) is 5.10. The van der Waals surface area contributed by atoms with Gasteiger partial charge in [-0.1, -0.05) is 23.7 Å². The van der Waals surface area contributed by atoms with Gasteiger partial charge in [-0.25, -0.2) is 0 Å². The SMILES string of the molecule is Clc1ccc(-c2c3n(c4cccnc24)CCC(C2CC2)C3)cc1. The van der Waals surface area contributed by atoms with Gasteiger partial charge in [0.15, 0.2) is 0 Å². The molecule has 0 spiro atoms. The van der Waals surface area contributed by atoms with Gasteiger partial charge in [0, 0.05) is 29.0 Å². The minimum absolute atomic E-state index is 0.787. The Bertz CT molecular complexity index is 875. The van der Waals surface area contributed by atoms with Gasteiger partial charge >= 0.3 is 0 Å². The van der Waals surface area contributed by atoms with Gasteiger partial charge in [0.25, 0.3) is 0 Å². The molecule has 5 rings (SSSR count). The fraction of sp³-hybridized carbons (Fsp3) is 0.350. The molecule has 2 aliphatic rings. The zero-order valence-electron chi connectivity index (χ0n) is 13.0. The maximum Gasteiger partial charge on any atom is 0.0962 e. The van der Waals surface area contributed by atoms with Crippen LogP contribution in [-0.4, -0.2) is 9.55 Å². The standard InChI is InChI=1S/C20H19ClN2/c21-16-7-5-14(6-8-16)19-18-12-15(13-3-4-13)9-11-23(18)17-2-1-10-22-20(17)19/h1-2,5-8,10,13,15H,3-4,9,11-12H2. The molecule has 0 saturated heterocycles. The molecule has 0 bridgehead atoms. The molecule has 0 amide bonds. The van der Waals surface area contributed by atoms with Crippen LogP contribution in [0.4, 0.5) is 0 Å². The highest BCUT2D eigenvalue weighted by Crippen LogP contribution is 2.45. The van der Waals surface area contributed by atoms with Crippen molar-refractivity contribution < 1.29 is 0 Å². The van der Waals surface area contributed by atoms with Crippen molar-refractivity contribution in [3.63, 3.8) is 0 Å². The summed E-state index contributed by atoms with van der Waals surface area (Å²) in [6, 6.07) is 12.5. The van der Waals surface area contributed by atoms with Crippen molar-refractivity contribution in [3.05, 3.63) is 53.3 Å². The van der Waals surface area contributed by atoms with E-state index in [0.29, 0.717) is 0 Å². The predicted molar refractivity (Wildman–Crippen MR) is 94.7 cm³/mol. The molecule has 1 fully saturated rings. The third kappa shape index (κ3) is 2.20. The van der Waals surface area contributed by atoms with Crippen LogP contribution in [0.25, 0.3) is 22.2 Å². The molecule has 1 atom stereocenters. The van der Waals surface area contributed by atoms with Crippen molar-refractivity contribution >= 4 is 22.6 Å². The first-order valence-electron chi connectivity index (χ1n) is 8.53. The maximum absolute atomic E-state index is 6.09. The Kier molecular flexibility index (Phi) is 3.02. The van der Waals surface area contributed by atoms with Gasteiger partial charge in [-0.05, 0) is 67.3 Å². The molecule has 2 nitrogen and oxygen atoms in total. The van der Waals surface area contributed by atoms with Gasteiger partial charge in [-0.3, -0.25) is 4.98 Å². The van der Waals surface area contributed by atoms with E-state index in [1.807, 2.05) is 24.4 Å². The summed E-state index contributed by atoms with van der Waals surface area (Å²) in [7, 11) is 0. The number of halogens is 1. The lowest BCUT2D eigenvalue weighted by Crippen LogP contribution is -2.20. The van der Waals surface area contributed by atoms with E-state index >= 15 is 0 Å². The average molecular weight is 323 g/mol. The van der Waals surface area contributed by atoms with Gasteiger partial charge in [0.1, 0.15) is 0 Å². The number of hydrogen-bond acceptors (Lipinski definition) is 1. The van der Waals surface area contributed by atoms with Gasteiger partial charge in [0.05, 0.1) is 11.0 Å². The van der Waals surface area contributed by atoms with E-state index in [1.54, 1.807) is 0 Å². The van der Waals surface area contributed by atoms with E-state index in [2.05, 4.69) is 22.8 Å². The topological polar surface area (TPSA) is 17.8 Å². The van der Waals surface area contributed by atoms with Crippen molar-refractivity contribution in [2.24, 2.45) is 11.8 Å². The molecule has 0 N–H and O–H groups in total. The number of hydrogen-bond donors (Lipinski definition) is 0. The minimum Gasteiger partial charge on any atom is -0.343 e. The molecular weight excluding hydrogens is 304 g/mol. The van der Waals surface area contributed by atoms with E-state index in [0.717, 1.165) is 28.9 Å². The van der Waals surface area contributed by atoms with Gasteiger partial charge in [-0.15, -0.1) is 0 Å². The number of aromatic nitrogens is 2. The number of aryl methyl sites for hydroxylation is 1. The Balaban J connectivity index is 1.73. The number of benzene rings is 1. The Hall–Kier alpha value is -1.80. The van der Waals surface area contributed by atoms with E-state index in [9.17, 15) is 0 Å². The number of fused-ring (bicyclic) bond motifs is 3. The van der Waals surface area contributed by atoms with Crippen LogP contribution in [0.1, 0.15) is 25.0 Å². The largest absolute Gasteiger partial charge is 0.343 e. The summed E-state index contributed by atoms with van der Waals surface area (Å²) < 4.78 is 2.51. The highest BCUT2D eigenvalue weighted by molar-refractivity contribution is 6.30. The van der Waals surface area contributed by atoms with Crippen LogP contribution in [0, 0.1) is 11.8 Å². The summed E-state index contributed by atoms with van der Waals surface area (Å²) >= 11 is 6.09. The monoisotopic (exact) mass is 322 g/mol. The summed E-state index contributed by atoms with van der Waals surface area (Å²) in [6.45, 7) is 1.13. The molecule has 1 saturated carbocycles. The van der Waals surface area contributed by atoms with E-state index in [-0.39, 0.29) is 0 Å². The van der Waals surface area contributed by atoms with Crippen LogP contribution in [0.2, 0.25) is 5.02 Å². The van der Waals surface area contributed by atoms with Crippen LogP contribution >= 0.6 is 11.6 Å². The average Bonchev–Trinajstić information content (AvgIpc) is 3.38. The first-order chi connectivity index (χ1) is 11.3. The molecule has 2 aromatic heterocycles. The smallest absolute Gasteiger partial charge is 0.0962 e. The normalized spacial score (nSPS) is 20.7. The fourth-order valence-electron chi connectivity index (χ4n) is 4.23. The van der Waals surface area contributed by atoms with E-state index in [1.165, 1.54) is 48.0 Å². The van der Waals surface area contributed by atoms with Crippen molar-refractivity contribution in [1.82, 2.24) is 9.55 Å². The fourth-order valence-corrected chi connectivity index (χ4v) is 4.35. The molecule has 1 unspecified atom stereocenters. The van der Waals surface area contributed by atoms with E-state index < -0.39 is 0 Å². The molecule has 3 heteroatoms. The second-order valence-electron chi connectivity index (χ2n) is 6.94. The van der Waals surface area contributed by atoms with Crippen LogP contribution in [0.15, 0.2) is 42.6 Å². The first-order valence-corrected chi connectivity index (χ1v) is 8.91. The third-order valence-corrected chi connectivity index (χ3v) is 5.78. The molecule has 1 aliphatic carbocycles. The zero-order valence-corrected chi connectivity index (χ0v) is 13.8. The first kappa shape index (κ1) is 13.6. The summed E-state index contributed by atoms with van der Waals surface area (Å²) in [6.07, 6.45) is 7.28. The van der Waals surface area contributed by atoms with Crippen molar-refractivity contribution in [1.29, 1.82) is 0 Å². The van der Waals surface area contributed by atoms with Crippen LogP contribution in [0.5, 0.6) is 0 Å². The number of pyridine rings is 1. The lowest BCUT2D eigenvalue weighted by atomic mass is 9.89. The van der Waals surface area contributed by atoms with Crippen molar-refractivity contribution in [2.75, 3.05) is 0 Å². The third-order valence-electron chi connectivity index (χ3n) is 5.53. The summed E-state index contributed by atoms with van der Waals surface area (Å²) in [5, 5.41) is 0.787. The molecule has 23 heavy (non-hydrogen) atoms. The lowest BCUT2D eigenvalue weighted by Gasteiger charge is -2.25. The highest BCUT2D eigenvalue weighted by Gasteiger charge is 2.35. The quantitative estimate of drug-likeness (QED) is 0.623. The molecule has 116 valence electrons. The van der Waals surface area contributed by atoms with Gasteiger partial charge < -0.3 is 4.57 Å². The second-order valence-corrected chi connectivity index (χ2v) is 7.38. The number of nitrogens with zero attached hydrogens (tertiary/aromatic N) is 2. The molecule has 0 radical (unpaired) electrons. The molecule has 1 aromatic carbocycles. The summed E-state index contributed by atoms with van der Waals surface area (Å²) in [5.41, 5.74) is 6.46. The Morgan fingerprint density at radius 1 is 1.00 bits per heavy atom. The Morgan fingerprint density at radius 3 is 2.61 bits per heavy atom. The van der Waals surface area contributed by atoms with Gasteiger partial charge in [-0.2, -0.15) is 0 Å². The van der Waals surface area contributed by atoms with E-state index in [4.69, 9.17) is 16.6 Å². The number of rotatable bonds is 2. The van der Waals surface area contributed by atoms with Crippen LogP contribution < -0.4 is 0 Å². The lowest BCUT2D eigenvalue weighted by molar-refractivity contribution is 0.355. The predicted octanol–water partition coefficient (Wildman–Crippen LogP) is 5.33. The summed E-state index contributed by atoms with van der Waals surface area (Å²) in [4.78, 5) is 4.72. The molecular formula is C20H19ClN2. The van der Waals surface area contributed by atoms with Crippen LogP contribution in [0.3, 0.4) is 0 Å². The Morgan fingerprint density at radius 2 is 1.83 bits per heavy atom. The molecule has 3 heterocycles. The zero-order chi connectivity index (χ0) is 15.4. The minimum atomic E-state index is 0.787. The highest BCUT2D eigenvalue weighted by atomic mass is 35.5. The Labute approximate surface area is 141 Å². The molecule has 3 aromatic rings. The van der Waals surface area contributed by atoms with Crippen molar-refractivity contribution in [2.45, 2.75) is 32.2 Å².